The molecule has 1 aromatic rings. The van der Waals surface area contributed by atoms with Crippen LogP contribution in [0.5, 0.6) is 11.5 Å². The zero-order chi connectivity index (χ0) is 13.1. The summed E-state index contributed by atoms with van der Waals surface area (Å²) >= 11 is 3.58. The standard InChI is InChI=1S/C14H20BrNO2/c1-9(2)6-12(16)10-7-13-14(8-11(10)15)18-5-3-4-17-13/h7-9,12H,3-6,16H2,1-2H3. The molecule has 0 saturated heterocycles. The van der Waals surface area contributed by atoms with E-state index in [9.17, 15) is 0 Å². The van der Waals surface area contributed by atoms with Crippen molar-refractivity contribution in [3.05, 3.63) is 22.2 Å². The van der Waals surface area contributed by atoms with Gasteiger partial charge < -0.3 is 15.2 Å². The van der Waals surface area contributed by atoms with Gasteiger partial charge in [-0.05, 0) is 30.0 Å². The van der Waals surface area contributed by atoms with E-state index in [0.717, 1.165) is 34.4 Å². The van der Waals surface area contributed by atoms with Crippen LogP contribution >= 0.6 is 15.9 Å². The van der Waals surface area contributed by atoms with Gasteiger partial charge in [-0.1, -0.05) is 29.8 Å². The molecule has 18 heavy (non-hydrogen) atoms. The largest absolute Gasteiger partial charge is 0.490 e. The van der Waals surface area contributed by atoms with Crippen LogP contribution < -0.4 is 15.2 Å². The molecule has 4 heteroatoms. The van der Waals surface area contributed by atoms with Gasteiger partial charge in [-0.2, -0.15) is 0 Å². The topological polar surface area (TPSA) is 44.5 Å². The van der Waals surface area contributed by atoms with Crippen molar-refractivity contribution in [3.63, 3.8) is 0 Å². The Morgan fingerprint density at radius 3 is 2.44 bits per heavy atom. The quantitative estimate of drug-likeness (QED) is 0.926. The second-order valence-corrected chi connectivity index (χ2v) is 5.96. The lowest BCUT2D eigenvalue weighted by molar-refractivity contribution is 0.297. The minimum absolute atomic E-state index is 0.0246. The Kier molecular flexibility index (Phi) is 4.51. The molecule has 2 N–H and O–H groups in total. The number of benzene rings is 1. The molecule has 1 aromatic carbocycles. The molecule has 0 spiro atoms. The first kappa shape index (κ1) is 13.7. The van der Waals surface area contributed by atoms with Gasteiger partial charge >= 0.3 is 0 Å². The molecular formula is C14H20BrNO2. The van der Waals surface area contributed by atoms with Gasteiger partial charge in [0.1, 0.15) is 0 Å². The average Bonchev–Trinajstić information content (AvgIpc) is 2.51. The van der Waals surface area contributed by atoms with E-state index in [0.29, 0.717) is 19.1 Å². The predicted molar refractivity (Wildman–Crippen MR) is 76.1 cm³/mol. The van der Waals surface area contributed by atoms with Crippen molar-refractivity contribution in [2.24, 2.45) is 11.7 Å². The van der Waals surface area contributed by atoms with Gasteiger partial charge in [0.15, 0.2) is 11.5 Å². The molecule has 1 aliphatic heterocycles. The van der Waals surface area contributed by atoms with Crippen LogP contribution in [0.4, 0.5) is 0 Å². The van der Waals surface area contributed by atoms with Gasteiger partial charge in [-0.25, -0.2) is 0 Å². The third kappa shape index (κ3) is 3.18. The molecule has 1 heterocycles. The fourth-order valence-electron chi connectivity index (χ4n) is 2.12. The van der Waals surface area contributed by atoms with Crippen molar-refractivity contribution < 1.29 is 9.47 Å². The molecule has 0 aliphatic carbocycles. The summed E-state index contributed by atoms with van der Waals surface area (Å²) in [5.41, 5.74) is 7.33. The van der Waals surface area contributed by atoms with Crippen LogP contribution in [0.2, 0.25) is 0 Å². The summed E-state index contributed by atoms with van der Waals surface area (Å²) in [5.74, 6) is 2.19. The highest BCUT2D eigenvalue weighted by atomic mass is 79.9. The Hall–Kier alpha value is -0.740. The Morgan fingerprint density at radius 1 is 1.22 bits per heavy atom. The fourth-order valence-corrected chi connectivity index (χ4v) is 2.74. The Balaban J connectivity index is 2.28. The molecule has 1 unspecified atom stereocenters. The minimum Gasteiger partial charge on any atom is -0.490 e. The number of hydrogen-bond donors (Lipinski definition) is 1. The molecule has 0 aromatic heterocycles. The smallest absolute Gasteiger partial charge is 0.162 e. The van der Waals surface area contributed by atoms with E-state index in [-0.39, 0.29) is 6.04 Å². The fraction of sp³-hybridized carbons (Fsp3) is 0.571. The average molecular weight is 314 g/mol. The van der Waals surface area contributed by atoms with Gasteiger partial charge in [-0.3, -0.25) is 0 Å². The highest BCUT2D eigenvalue weighted by molar-refractivity contribution is 9.10. The van der Waals surface area contributed by atoms with Crippen molar-refractivity contribution in [3.8, 4) is 11.5 Å². The summed E-state index contributed by atoms with van der Waals surface area (Å²) in [6.45, 7) is 5.76. The maximum atomic E-state index is 6.24. The van der Waals surface area contributed by atoms with Crippen LogP contribution in [0.3, 0.4) is 0 Å². The van der Waals surface area contributed by atoms with Crippen molar-refractivity contribution >= 4 is 15.9 Å². The molecule has 0 amide bonds. The van der Waals surface area contributed by atoms with E-state index in [2.05, 4.69) is 29.8 Å². The van der Waals surface area contributed by atoms with E-state index in [1.165, 1.54) is 0 Å². The summed E-state index contributed by atoms with van der Waals surface area (Å²) < 4.78 is 12.3. The Labute approximate surface area is 117 Å². The van der Waals surface area contributed by atoms with Crippen molar-refractivity contribution in [1.82, 2.24) is 0 Å². The molecule has 0 saturated carbocycles. The lowest BCUT2D eigenvalue weighted by Gasteiger charge is -2.18. The first-order chi connectivity index (χ1) is 8.58. The third-order valence-corrected chi connectivity index (χ3v) is 3.68. The predicted octanol–water partition coefficient (Wildman–Crippen LogP) is 3.66. The molecule has 0 fully saturated rings. The number of ether oxygens (including phenoxy) is 2. The summed E-state index contributed by atoms with van der Waals surface area (Å²) in [6, 6.07) is 4.00. The highest BCUT2D eigenvalue weighted by Crippen LogP contribution is 2.38. The summed E-state index contributed by atoms with van der Waals surface area (Å²) in [6.07, 6.45) is 1.87. The molecule has 3 nitrogen and oxygen atoms in total. The summed E-state index contributed by atoms with van der Waals surface area (Å²) in [7, 11) is 0. The van der Waals surface area contributed by atoms with Gasteiger partial charge in [0.05, 0.1) is 13.2 Å². The second-order valence-electron chi connectivity index (χ2n) is 5.11. The van der Waals surface area contributed by atoms with Gasteiger partial charge in [0.2, 0.25) is 0 Å². The maximum Gasteiger partial charge on any atom is 0.162 e. The second kappa shape index (κ2) is 5.93. The number of hydrogen-bond acceptors (Lipinski definition) is 3. The molecule has 100 valence electrons. The lowest BCUT2D eigenvalue weighted by atomic mass is 9.97. The maximum absolute atomic E-state index is 6.24. The number of fused-ring (bicyclic) bond motifs is 1. The van der Waals surface area contributed by atoms with Crippen molar-refractivity contribution in [2.45, 2.75) is 32.7 Å². The number of nitrogens with two attached hydrogens (primary N) is 1. The van der Waals surface area contributed by atoms with E-state index in [1.807, 2.05) is 12.1 Å². The molecule has 0 radical (unpaired) electrons. The molecular weight excluding hydrogens is 294 g/mol. The third-order valence-electron chi connectivity index (χ3n) is 2.99. The van der Waals surface area contributed by atoms with E-state index in [1.54, 1.807) is 0 Å². The lowest BCUT2D eigenvalue weighted by Crippen LogP contribution is -2.13. The van der Waals surface area contributed by atoms with E-state index >= 15 is 0 Å². The van der Waals surface area contributed by atoms with Crippen LogP contribution in [-0.4, -0.2) is 13.2 Å². The van der Waals surface area contributed by atoms with E-state index < -0.39 is 0 Å². The molecule has 0 bridgehead atoms. The Bertz CT molecular complexity index is 421. The zero-order valence-electron chi connectivity index (χ0n) is 10.9. The van der Waals surface area contributed by atoms with Crippen molar-refractivity contribution in [1.29, 1.82) is 0 Å². The normalized spacial score (nSPS) is 16.5. The highest BCUT2D eigenvalue weighted by Gasteiger charge is 2.18. The van der Waals surface area contributed by atoms with Crippen LogP contribution in [0.15, 0.2) is 16.6 Å². The van der Waals surface area contributed by atoms with Gasteiger partial charge in [0, 0.05) is 16.9 Å². The van der Waals surface area contributed by atoms with Crippen LogP contribution in [0.1, 0.15) is 38.3 Å². The summed E-state index contributed by atoms with van der Waals surface area (Å²) in [4.78, 5) is 0. The minimum atomic E-state index is 0.0246. The van der Waals surface area contributed by atoms with Gasteiger partial charge in [0.25, 0.3) is 0 Å². The molecule has 1 aliphatic rings. The van der Waals surface area contributed by atoms with E-state index in [4.69, 9.17) is 15.2 Å². The first-order valence-electron chi connectivity index (χ1n) is 6.42. The van der Waals surface area contributed by atoms with Crippen LogP contribution in [0, 0.1) is 5.92 Å². The zero-order valence-corrected chi connectivity index (χ0v) is 12.5. The monoisotopic (exact) mass is 313 g/mol. The SMILES string of the molecule is CC(C)CC(N)c1cc2c(cc1Br)OCCCO2. The number of rotatable bonds is 3. The van der Waals surface area contributed by atoms with Crippen LogP contribution in [0.25, 0.3) is 0 Å². The van der Waals surface area contributed by atoms with Crippen LogP contribution in [-0.2, 0) is 0 Å². The summed E-state index contributed by atoms with van der Waals surface area (Å²) in [5, 5.41) is 0. The van der Waals surface area contributed by atoms with Gasteiger partial charge in [-0.15, -0.1) is 0 Å². The molecule has 1 atom stereocenters. The van der Waals surface area contributed by atoms with Crippen molar-refractivity contribution in [2.75, 3.05) is 13.2 Å². The Morgan fingerprint density at radius 2 is 1.83 bits per heavy atom. The molecule has 2 rings (SSSR count). The number of halogens is 1. The first-order valence-corrected chi connectivity index (χ1v) is 7.22.